The van der Waals surface area contributed by atoms with Crippen LogP contribution >= 0.6 is 0 Å². The molecule has 0 saturated heterocycles. The molecule has 0 radical (unpaired) electrons. The number of carbonyl (C=O) groups excluding carboxylic acids is 1. The number of hydrogen-bond donors (Lipinski definition) is 1. The molecule has 0 saturated carbocycles. The SMILES string of the molecule is Cc1ccc(/C=C/C(=O)NCC2COc3ccccc3O2)o1. The lowest BCUT2D eigenvalue weighted by Crippen LogP contribution is -2.40. The maximum absolute atomic E-state index is 11.8. The van der Waals surface area contributed by atoms with E-state index in [1.807, 2.05) is 43.3 Å². The Hall–Kier alpha value is -2.69. The number of fused-ring (bicyclic) bond motifs is 1. The molecule has 1 N–H and O–H groups in total. The monoisotopic (exact) mass is 299 g/mol. The first-order valence-electron chi connectivity index (χ1n) is 7.11. The summed E-state index contributed by atoms with van der Waals surface area (Å²) in [6, 6.07) is 11.2. The summed E-state index contributed by atoms with van der Waals surface area (Å²) >= 11 is 0. The number of aryl methyl sites for hydroxylation is 1. The molecule has 114 valence electrons. The highest BCUT2D eigenvalue weighted by molar-refractivity contribution is 5.91. The van der Waals surface area contributed by atoms with Crippen molar-refractivity contribution >= 4 is 12.0 Å². The topological polar surface area (TPSA) is 60.7 Å². The zero-order valence-electron chi connectivity index (χ0n) is 12.2. The fourth-order valence-corrected chi connectivity index (χ4v) is 2.14. The summed E-state index contributed by atoms with van der Waals surface area (Å²) < 4.78 is 16.7. The lowest BCUT2D eigenvalue weighted by Gasteiger charge is -2.26. The largest absolute Gasteiger partial charge is 0.486 e. The van der Waals surface area contributed by atoms with Crippen molar-refractivity contribution < 1.29 is 18.7 Å². The summed E-state index contributed by atoms with van der Waals surface area (Å²) in [5.41, 5.74) is 0. The molecule has 3 rings (SSSR count). The first-order chi connectivity index (χ1) is 10.7. The highest BCUT2D eigenvalue weighted by atomic mass is 16.6. The van der Waals surface area contributed by atoms with E-state index in [9.17, 15) is 4.79 Å². The number of para-hydroxylation sites is 2. The van der Waals surface area contributed by atoms with E-state index in [4.69, 9.17) is 13.9 Å². The molecule has 1 atom stereocenters. The molecule has 1 aliphatic rings. The van der Waals surface area contributed by atoms with E-state index in [2.05, 4.69) is 5.32 Å². The van der Waals surface area contributed by atoms with Gasteiger partial charge >= 0.3 is 0 Å². The highest BCUT2D eigenvalue weighted by Gasteiger charge is 2.20. The number of nitrogens with one attached hydrogen (secondary N) is 1. The third-order valence-corrected chi connectivity index (χ3v) is 3.23. The Morgan fingerprint density at radius 2 is 2.09 bits per heavy atom. The van der Waals surface area contributed by atoms with Gasteiger partial charge in [-0.25, -0.2) is 0 Å². The molecule has 2 aromatic rings. The molecule has 22 heavy (non-hydrogen) atoms. The van der Waals surface area contributed by atoms with Crippen LogP contribution in [0.3, 0.4) is 0 Å². The number of amides is 1. The second kappa shape index (κ2) is 6.39. The van der Waals surface area contributed by atoms with E-state index >= 15 is 0 Å². The van der Waals surface area contributed by atoms with Gasteiger partial charge in [0.05, 0.1) is 6.54 Å². The fourth-order valence-electron chi connectivity index (χ4n) is 2.14. The van der Waals surface area contributed by atoms with Gasteiger partial charge in [-0.2, -0.15) is 0 Å². The number of rotatable bonds is 4. The minimum Gasteiger partial charge on any atom is -0.486 e. The van der Waals surface area contributed by atoms with Gasteiger partial charge in [0.15, 0.2) is 11.5 Å². The Morgan fingerprint density at radius 3 is 2.86 bits per heavy atom. The van der Waals surface area contributed by atoms with Crippen LogP contribution in [0.1, 0.15) is 11.5 Å². The van der Waals surface area contributed by atoms with Crippen LogP contribution in [-0.2, 0) is 4.79 Å². The van der Waals surface area contributed by atoms with Crippen molar-refractivity contribution in [2.75, 3.05) is 13.2 Å². The fraction of sp³-hybridized carbons (Fsp3) is 0.235. The van der Waals surface area contributed by atoms with E-state index < -0.39 is 0 Å². The van der Waals surface area contributed by atoms with E-state index in [1.54, 1.807) is 6.08 Å². The van der Waals surface area contributed by atoms with Gasteiger partial charge in [-0.15, -0.1) is 0 Å². The molecule has 0 fully saturated rings. The lowest BCUT2D eigenvalue weighted by atomic mass is 10.2. The third-order valence-electron chi connectivity index (χ3n) is 3.23. The molecule has 1 unspecified atom stereocenters. The number of benzene rings is 1. The molecular formula is C17H17NO4. The maximum Gasteiger partial charge on any atom is 0.244 e. The second-order valence-electron chi connectivity index (χ2n) is 5.02. The Labute approximate surface area is 128 Å². The van der Waals surface area contributed by atoms with Crippen molar-refractivity contribution in [1.29, 1.82) is 0 Å². The quantitative estimate of drug-likeness (QED) is 0.881. The summed E-state index contributed by atoms with van der Waals surface area (Å²) in [7, 11) is 0. The Morgan fingerprint density at radius 1 is 1.27 bits per heavy atom. The van der Waals surface area contributed by atoms with Crippen LogP contribution in [0.2, 0.25) is 0 Å². The van der Waals surface area contributed by atoms with Crippen molar-refractivity contribution in [2.45, 2.75) is 13.0 Å². The smallest absolute Gasteiger partial charge is 0.244 e. The number of hydrogen-bond acceptors (Lipinski definition) is 4. The third kappa shape index (κ3) is 3.49. The zero-order valence-corrected chi connectivity index (χ0v) is 12.2. The molecule has 0 spiro atoms. The first kappa shape index (κ1) is 14.3. The van der Waals surface area contributed by atoms with Gasteiger partial charge in [0, 0.05) is 6.08 Å². The zero-order chi connectivity index (χ0) is 15.4. The van der Waals surface area contributed by atoms with E-state index in [1.165, 1.54) is 6.08 Å². The summed E-state index contributed by atoms with van der Waals surface area (Å²) in [5.74, 6) is 2.70. The summed E-state index contributed by atoms with van der Waals surface area (Å²) in [5, 5.41) is 2.79. The molecule has 0 aliphatic carbocycles. The molecule has 5 nitrogen and oxygen atoms in total. The van der Waals surface area contributed by atoms with Gasteiger partial charge in [0.2, 0.25) is 5.91 Å². The Kier molecular flexibility index (Phi) is 4.14. The van der Waals surface area contributed by atoms with E-state index in [0.717, 1.165) is 11.5 Å². The molecule has 1 amide bonds. The van der Waals surface area contributed by atoms with E-state index in [0.29, 0.717) is 24.7 Å². The van der Waals surface area contributed by atoms with Crippen LogP contribution in [0, 0.1) is 6.92 Å². The number of furan rings is 1. The predicted octanol–water partition coefficient (Wildman–Crippen LogP) is 2.56. The maximum atomic E-state index is 11.8. The predicted molar refractivity (Wildman–Crippen MR) is 81.8 cm³/mol. The van der Waals surface area contributed by atoms with Crippen LogP contribution in [0.4, 0.5) is 0 Å². The highest BCUT2D eigenvalue weighted by Crippen LogP contribution is 2.30. The molecule has 5 heteroatoms. The summed E-state index contributed by atoms with van der Waals surface area (Å²) in [4.78, 5) is 11.8. The summed E-state index contributed by atoms with van der Waals surface area (Å²) in [6.07, 6.45) is 2.88. The number of carbonyl (C=O) groups is 1. The Bertz CT molecular complexity index is 689. The molecule has 1 aliphatic heterocycles. The number of ether oxygens (including phenoxy) is 2. The first-order valence-corrected chi connectivity index (χ1v) is 7.11. The van der Waals surface area contributed by atoms with Gasteiger partial charge < -0.3 is 19.2 Å². The molecule has 1 aromatic carbocycles. The van der Waals surface area contributed by atoms with Crippen molar-refractivity contribution in [3.05, 3.63) is 54.0 Å². The van der Waals surface area contributed by atoms with Crippen LogP contribution in [-0.4, -0.2) is 25.2 Å². The normalized spacial score (nSPS) is 16.7. The molecule has 2 heterocycles. The molecule has 1 aromatic heterocycles. The van der Waals surface area contributed by atoms with Crippen LogP contribution in [0.15, 0.2) is 46.9 Å². The summed E-state index contributed by atoms with van der Waals surface area (Å²) in [6.45, 7) is 2.66. The van der Waals surface area contributed by atoms with Crippen molar-refractivity contribution in [3.8, 4) is 11.5 Å². The lowest BCUT2D eigenvalue weighted by molar-refractivity contribution is -0.116. The minimum atomic E-state index is -0.198. The average molecular weight is 299 g/mol. The second-order valence-corrected chi connectivity index (χ2v) is 5.02. The van der Waals surface area contributed by atoms with Crippen molar-refractivity contribution in [2.24, 2.45) is 0 Å². The molecular weight excluding hydrogens is 282 g/mol. The minimum absolute atomic E-state index is 0.196. The van der Waals surface area contributed by atoms with Gasteiger partial charge in [-0.1, -0.05) is 12.1 Å². The van der Waals surface area contributed by atoms with Gasteiger partial charge in [-0.3, -0.25) is 4.79 Å². The molecule has 0 bridgehead atoms. The van der Waals surface area contributed by atoms with Gasteiger partial charge in [0.25, 0.3) is 0 Å². The van der Waals surface area contributed by atoms with E-state index in [-0.39, 0.29) is 12.0 Å². The van der Waals surface area contributed by atoms with Crippen LogP contribution in [0.25, 0.3) is 6.08 Å². The van der Waals surface area contributed by atoms with Crippen LogP contribution < -0.4 is 14.8 Å². The van der Waals surface area contributed by atoms with Crippen LogP contribution in [0.5, 0.6) is 11.5 Å². The van der Waals surface area contributed by atoms with Gasteiger partial charge in [-0.05, 0) is 37.3 Å². The Balaban J connectivity index is 1.49. The van der Waals surface area contributed by atoms with Gasteiger partial charge in [0.1, 0.15) is 24.2 Å². The average Bonchev–Trinajstić information content (AvgIpc) is 2.96. The standard InChI is InChI=1S/C17H17NO4/c1-12-6-7-13(21-12)8-9-17(19)18-10-14-11-20-15-4-2-3-5-16(15)22-14/h2-9,14H,10-11H2,1H3,(H,18,19)/b9-8+. The van der Waals surface area contributed by atoms with Crippen molar-refractivity contribution in [3.63, 3.8) is 0 Å². The van der Waals surface area contributed by atoms with Crippen molar-refractivity contribution in [1.82, 2.24) is 5.32 Å².